The molecule has 1 aliphatic rings. The highest BCUT2D eigenvalue weighted by molar-refractivity contribution is 5.89. The molecule has 0 aromatic heterocycles. The third-order valence-electron chi connectivity index (χ3n) is 6.51. The van der Waals surface area contributed by atoms with E-state index in [0.717, 1.165) is 22.3 Å². The van der Waals surface area contributed by atoms with Crippen LogP contribution in [0.4, 0.5) is 4.79 Å². The molecule has 2 amide bonds. The highest BCUT2D eigenvalue weighted by atomic mass is 16.5. The fraction of sp³-hybridized carbons (Fsp3) is 0.444. The lowest BCUT2D eigenvalue weighted by Gasteiger charge is -2.31. The first-order chi connectivity index (χ1) is 16.0. The van der Waals surface area contributed by atoms with Gasteiger partial charge in [-0.05, 0) is 33.6 Å². The molecule has 34 heavy (non-hydrogen) atoms. The van der Waals surface area contributed by atoms with Crippen LogP contribution < -0.4 is 10.6 Å². The van der Waals surface area contributed by atoms with Gasteiger partial charge in [0.15, 0.2) is 0 Å². The number of carboxylic acid groups (broad SMARTS) is 1. The van der Waals surface area contributed by atoms with Crippen LogP contribution in [0.5, 0.6) is 0 Å². The van der Waals surface area contributed by atoms with Crippen LogP contribution in [0.25, 0.3) is 11.1 Å². The van der Waals surface area contributed by atoms with E-state index in [0.29, 0.717) is 6.42 Å². The Bertz CT molecular complexity index is 1010. The number of fused-ring (bicyclic) bond motifs is 3. The zero-order chi connectivity index (χ0) is 25.0. The Morgan fingerprint density at radius 2 is 1.50 bits per heavy atom. The van der Waals surface area contributed by atoms with Gasteiger partial charge in [-0.3, -0.25) is 4.79 Å². The van der Waals surface area contributed by atoms with Crippen LogP contribution in [0.1, 0.15) is 58.1 Å². The number of alkyl carbamates (subject to hydrolysis) is 1. The summed E-state index contributed by atoms with van der Waals surface area (Å²) < 4.78 is 5.59. The summed E-state index contributed by atoms with van der Waals surface area (Å²) in [4.78, 5) is 37.4. The summed E-state index contributed by atoms with van der Waals surface area (Å²) in [6.45, 7) is 9.09. The van der Waals surface area contributed by atoms with Crippen molar-refractivity contribution < 1.29 is 24.2 Å². The minimum absolute atomic E-state index is 0.0914. The van der Waals surface area contributed by atoms with Crippen LogP contribution in [0.2, 0.25) is 0 Å². The number of rotatable bonds is 8. The van der Waals surface area contributed by atoms with Crippen molar-refractivity contribution in [3.63, 3.8) is 0 Å². The van der Waals surface area contributed by atoms with Crippen molar-refractivity contribution in [1.29, 1.82) is 0 Å². The molecule has 2 aromatic carbocycles. The van der Waals surface area contributed by atoms with Crippen LogP contribution >= 0.6 is 0 Å². The van der Waals surface area contributed by atoms with Crippen molar-refractivity contribution in [3.8, 4) is 11.1 Å². The molecule has 0 aliphatic heterocycles. The summed E-state index contributed by atoms with van der Waals surface area (Å²) in [5.41, 5.74) is 3.77. The fourth-order valence-electron chi connectivity index (χ4n) is 4.35. The first-order valence-corrected chi connectivity index (χ1v) is 11.7. The predicted octanol–water partition coefficient (Wildman–Crippen LogP) is 4.56. The highest BCUT2D eigenvalue weighted by Gasteiger charge is 2.36. The van der Waals surface area contributed by atoms with Gasteiger partial charge in [0.05, 0.1) is 0 Å². The van der Waals surface area contributed by atoms with E-state index in [2.05, 4.69) is 22.8 Å². The molecule has 7 heteroatoms. The number of aliphatic carboxylic acids is 1. The molecule has 0 fully saturated rings. The number of nitrogens with one attached hydrogen (secondary N) is 2. The molecular weight excluding hydrogens is 432 g/mol. The first kappa shape index (κ1) is 25.3. The highest BCUT2D eigenvalue weighted by Crippen LogP contribution is 2.44. The van der Waals surface area contributed by atoms with Gasteiger partial charge in [-0.2, -0.15) is 0 Å². The van der Waals surface area contributed by atoms with Gasteiger partial charge >= 0.3 is 12.1 Å². The molecule has 0 heterocycles. The van der Waals surface area contributed by atoms with Gasteiger partial charge in [-0.25, -0.2) is 9.59 Å². The first-order valence-electron chi connectivity index (χ1n) is 11.7. The zero-order valence-electron chi connectivity index (χ0n) is 20.4. The van der Waals surface area contributed by atoms with E-state index in [1.807, 2.05) is 50.2 Å². The Hall–Kier alpha value is -3.35. The summed E-state index contributed by atoms with van der Waals surface area (Å²) in [5, 5.41) is 14.8. The Labute approximate surface area is 200 Å². The molecule has 0 saturated heterocycles. The maximum atomic E-state index is 13.0. The predicted molar refractivity (Wildman–Crippen MR) is 130 cm³/mol. The van der Waals surface area contributed by atoms with E-state index in [-0.39, 0.29) is 18.4 Å². The molecular formula is C27H34N2O5. The van der Waals surface area contributed by atoms with Gasteiger partial charge in [0.2, 0.25) is 5.91 Å². The summed E-state index contributed by atoms with van der Waals surface area (Å²) >= 11 is 0. The van der Waals surface area contributed by atoms with Crippen LogP contribution in [0.3, 0.4) is 0 Å². The molecule has 0 radical (unpaired) electrons. The van der Waals surface area contributed by atoms with Crippen LogP contribution in [0.15, 0.2) is 48.5 Å². The third-order valence-corrected chi connectivity index (χ3v) is 6.51. The molecule has 3 rings (SSSR count). The van der Waals surface area contributed by atoms with Gasteiger partial charge < -0.3 is 20.5 Å². The number of amides is 2. The van der Waals surface area contributed by atoms with Crippen molar-refractivity contribution in [2.24, 2.45) is 11.3 Å². The smallest absolute Gasteiger partial charge is 0.407 e. The standard InChI is InChI=1S/C27H34N2O5/c1-6-16(2)22(24(30)29-23(25(31)32)27(3,4)5)28-26(33)34-15-21-19-13-9-7-11-17(19)18-12-8-10-14-20(18)21/h7-14,16,21-23H,6,15H2,1-5H3,(H,28,33)(H,29,30)(H,31,32)/t16-,22-,23+/m0/s1. The molecule has 182 valence electrons. The number of hydrogen-bond donors (Lipinski definition) is 3. The number of benzene rings is 2. The number of ether oxygens (including phenoxy) is 1. The van der Waals surface area contributed by atoms with Crippen molar-refractivity contribution in [3.05, 3.63) is 59.7 Å². The Balaban J connectivity index is 1.70. The maximum absolute atomic E-state index is 13.0. The zero-order valence-corrected chi connectivity index (χ0v) is 20.4. The summed E-state index contributed by atoms with van der Waals surface area (Å²) in [6.07, 6.45) is -0.0837. The van der Waals surface area contributed by atoms with E-state index in [1.165, 1.54) is 0 Å². The minimum Gasteiger partial charge on any atom is -0.480 e. The van der Waals surface area contributed by atoms with Gasteiger partial charge in [-0.1, -0.05) is 89.6 Å². The second-order valence-electron chi connectivity index (χ2n) is 9.98. The Kier molecular flexibility index (Phi) is 7.64. The summed E-state index contributed by atoms with van der Waals surface area (Å²) in [7, 11) is 0. The Morgan fingerprint density at radius 3 is 1.97 bits per heavy atom. The van der Waals surface area contributed by atoms with Crippen LogP contribution in [-0.2, 0) is 14.3 Å². The van der Waals surface area contributed by atoms with Crippen LogP contribution in [-0.4, -0.2) is 41.8 Å². The molecule has 3 N–H and O–H groups in total. The van der Waals surface area contributed by atoms with Gasteiger partial charge in [0.1, 0.15) is 18.7 Å². The third kappa shape index (κ3) is 5.41. The van der Waals surface area contributed by atoms with Crippen molar-refractivity contribution >= 4 is 18.0 Å². The lowest BCUT2D eigenvalue weighted by Crippen LogP contribution is -2.57. The maximum Gasteiger partial charge on any atom is 0.407 e. The number of carbonyl (C=O) groups is 3. The van der Waals surface area contributed by atoms with Crippen molar-refractivity contribution in [2.45, 2.75) is 59.0 Å². The van der Waals surface area contributed by atoms with E-state index in [4.69, 9.17) is 4.74 Å². The molecule has 2 aromatic rings. The average molecular weight is 467 g/mol. The number of carboxylic acids is 1. The summed E-state index contributed by atoms with van der Waals surface area (Å²) in [6, 6.07) is 14.1. The topological polar surface area (TPSA) is 105 Å². The van der Waals surface area contributed by atoms with E-state index in [9.17, 15) is 19.5 Å². The van der Waals surface area contributed by atoms with E-state index in [1.54, 1.807) is 20.8 Å². The fourth-order valence-corrected chi connectivity index (χ4v) is 4.35. The molecule has 0 spiro atoms. The second-order valence-corrected chi connectivity index (χ2v) is 9.98. The minimum atomic E-state index is -1.12. The monoisotopic (exact) mass is 466 g/mol. The largest absolute Gasteiger partial charge is 0.480 e. The average Bonchev–Trinajstić information content (AvgIpc) is 3.11. The van der Waals surface area contributed by atoms with E-state index >= 15 is 0 Å². The van der Waals surface area contributed by atoms with Gasteiger partial charge in [-0.15, -0.1) is 0 Å². The molecule has 0 saturated carbocycles. The summed E-state index contributed by atoms with van der Waals surface area (Å²) in [5.74, 6) is -1.96. The molecule has 0 unspecified atom stereocenters. The lowest BCUT2D eigenvalue weighted by atomic mass is 9.86. The molecule has 0 bridgehead atoms. The van der Waals surface area contributed by atoms with E-state index < -0.39 is 35.5 Å². The SMILES string of the molecule is CC[C@H](C)[C@H](NC(=O)OCC1c2ccccc2-c2ccccc21)C(=O)N[C@H](C(=O)O)C(C)(C)C. The molecule has 7 nitrogen and oxygen atoms in total. The lowest BCUT2D eigenvalue weighted by molar-refractivity contribution is -0.145. The number of carbonyl (C=O) groups excluding carboxylic acids is 2. The normalized spacial score (nSPS) is 15.4. The Morgan fingerprint density at radius 1 is 0.971 bits per heavy atom. The molecule has 3 atom stereocenters. The second kappa shape index (κ2) is 10.3. The van der Waals surface area contributed by atoms with Crippen molar-refractivity contribution in [2.75, 3.05) is 6.61 Å². The van der Waals surface area contributed by atoms with Crippen LogP contribution in [0, 0.1) is 11.3 Å². The van der Waals surface area contributed by atoms with Crippen molar-refractivity contribution in [1.82, 2.24) is 10.6 Å². The quantitative estimate of drug-likeness (QED) is 0.529. The molecule has 1 aliphatic carbocycles. The number of hydrogen-bond acceptors (Lipinski definition) is 4. The van der Waals surface area contributed by atoms with Gasteiger partial charge in [0, 0.05) is 5.92 Å². The van der Waals surface area contributed by atoms with Gasteiger partial charge in [0.25, 0.3) is 0 Å².